The minimum absolute atomic E-state index is 0.374. The number of benzene rings is 1. The van der Waals surface area contributed by atoms with Crippen molar-refractivity contribution in [1.82, 2.24) is 15.1 Å². The van der Waals surface area contributed by atoms with Gasteiger partial charge in [-0.1, -0.05) is 23.5 Å². The number of rotatable bonds is 4. The highest BCUT2D eigenvalue weighted by Crippen LogP contribution is 2.32. The van der Waals surface area contributed by atoms with Gasteiger partial charge in [0.1, 0.15) is 16.9 Å². The van der Waals surface area contributed by atoms with Gasteiger partial charge in [0.15, 0.2) is 0 Å². The third kappa shape index (κ3) is 3.36. The maximum absolute atomic E-state index is 9.61. The van der Waals surface area contributed by atoms with Gasteiger partial charge in [0, 0.05) is 38.6 Å². The van der Waals surface area contributed by atoms with E-state index in [0.29, 0.717) is 11.0 Å². The fourth-order valence-corrected chi connectivity index (χ4v) is 4.31. The number of piperazine rings is 1. The Kier molecular flexibility index (Phi) is 4.62. The first-order chi connectivity index (χ1) is 12.1. The van der Waals surface area contributed by atoms with Crippen LogP contribution < -0.4 is 9.64 Å². The van der Waals surface area contributed by atoms with Gasteiger partial charge in [-0.25, -0.2) is 0 Å². The second-order valence-electron chi connectivity index (χ2n) is 6.76. The molecule has 6 nitrogen and oxygen atoms in total. The second-order valence-corrected chi connectivity index (χ2v) is 7.75. The molecule has 0 spiro atoms. The third-order valence-electron chi connectivity index (χ3n) is 5.12. The molecule has 7 heteroatoms. The summed E-state index contributed by atoms with van der Waals surface area (Å²) in [6.45, 7) is 8.64. The lowest BCUT2D eigenvalue weighted by Gasteiger charge is -2.38. The molecule has 134 valence electrons. The van der Waals surface area contributed by atoms with E-state index < -0.39 is 6.10 Å². The first-order valence-corrected chi connectivity index (χ1v) is 9.69. The van der Waals surface area contributed by atoms with Gasteiger partial charge < -0.3 is 14.7 Å². The summed E-state index contributed by atoms with van der Waals surface area (Å²) in [7, 11) is 0. The molecule has 1 aromatic heterocycles. The van der Waals surface area contributed by atoms with Crippen molar-refractivity contribution >= 4 is 16.5 Å². The summed E-state index contributed by atoms with van der Waals surface area (Å²) in [6, 6.07) is 7.03. The minimum Gasteiger partial charge on any atom is -0.493 e. The monoisotopic (exact) mass is 360 g/mol. The number of aliphatic hydroxyl groups excluding tert-OH is 1. The van der Waals surface area contributed by atoms with E-state index in [1.165, 1.54) is 22.5 Å². The lowest BCUT2D eigenvalue weighted by molar-refractivity contribution is 0.197. The number of aliphatic hydroxyl groups is 1. The van der Waals surface area contributed by atoms with Crippen molar-refractivity contribution in [2.45, 2.75) is 32.4 Å². The molecule has 2 aromatic rings. The molecule has 1 saturated heterocycles. The molecule has 0 saturated carbocycles. The fourth-order valence-electron chi connectivity index (χ4n) is 3.48. The maximum Gasteiger partial charge on any atom is 0.208 e. The highest BCUT2D eigenvalue weighted by Gasteiger charge is 2.25. The highest BCUT2D eigenvalue weighted by molar-refractivity contribution is 7.15. The minimum atomic E-state index is -0.547. The zero-order chi connectivity index (χ0) is 17.4. The molecule has 4 rings (SSSR count). The molecule has 2 unspecified atom stereocenters. The molecule has 0 amide bonds. The van der Waals surface area contributed by atoms with Crippen molar-refractivity contribution in [3.05, 3.63) is 34.3 Å². The zero-order valence-corrected chi connectivity index (χ0v) is 15.5. The van der Waals surface area contributed by atoms with E-state index in [1.54, 1.807) is 6.92 Å². The molecule has 0 radical (unpaired) electrons. The molecule has 3 heterocycles. The van der Waals surface area contributed by atoms with Gasteiger partial charge in [-0.2, -0.15) is 0 Å². The van der Waals surface area contributed by atoms with Crippen molar-refractivity contribution in [3.8, 4) is 5.75 Å². The summed E-state index contributed by atoms with van der Waals surface area (Å²) in [5.41, 5.74) is 2.65. The average Bonchev–Trinajstić information content (AvgIpc) is 3.30. The first kappa shape index (κ1) is 16.8. The van der Waals surface area contributed by atoms with Crippen LogP contribution in [-0.4, -0.2) is 53.0 Å². The second kappa shape index (κ2) is 6.90. The Bertz CT molecular complexity index is 740. The number of fused-ring (bicyclic) bond motifs is 1. The van der Waals surface area contributed by atoms with Crippen LogP contribution in [0.3, 0.4) is 0 Å². The summed E-state index contributed by atoms with van der Waals surface area (Å²) in [5, 5.41) is 19.5. The normalized spacial score (nSPS) is 20.2. The number of hydrogen-bond donors (Lipinski definition) is 1. The smallest absolute Gasteiger partial charge is 0.208 e. The van der Waals surface area contributed by atoms with E-state index in [1.807, 2.05) is 0 Å². The Balaban J connectivity index is 1.39. The molecule has 1 aromatic carbocycles. The predicted molar refractivity (Wildman–Crippen MR) is 98.4 cm³/mol. The summed E-state index contributed by atoms with van der Waals surface area (Å²) in [5.74, 6) is 1.06. The first-order valence-electron chi connectivity index (χ1n) is 8.88. The molecule has 0 bridgehead atoms. The fraction of sp³-hybridized carbons (Fsp3) is 0.556. The molecule has 2 atom stereocenters. The van der Waals surface area contributed by atoms with Crippen LogP contribution >= 0.6 is 11.3 Å². The van der Waals surface area contributed by atoms with Crippen LogP contribution in [-0.2, 0) is 6.42 Å². The molecule has 2 aliphatic rings. The molecule has 25 heavy (non-hydrogen) atoms. The van der Waals surface area contributed by atoms with Crippen molar-refractivity contribution in [2.24, 2.45) is 0 Å². The van der Waals surface area contributed by atoms with E-state index in [4.69, 9.17) is 4.74 Å². The number of hydrogen-bond acceptors (Lipinski definition) is 7. The number of ether oxygens (including phenoxy) is 1. The zero-order valence-electron chi connectivity index (χ0n) is 14.7. The number of anilines is 1. The van der Waals surface area contributed by atoms with Crippen molar-refractivity contribution in [3.63, 3.8) is 0 Å². The Morgan fingerprint density at radius 1 is 1.16 bits per heavy atom. The van der Waals surface area contributed by atoms with Gasteiger partial charge >= 0.3 is 0 Å². The lowest BCUT2D eigenvalue weighted by Crippen LogP contribution is -2.47. The molecule has 2 aliphatic heterocycles. The SMILES string of the molecule is CC(O)c1nnc(N2CCN(C(C)c3ccc4c(c3)OCC4)CC2)s1. The number of aromatic nitrogens is 2. The van der Waals surface area contributed by atoms with E-state index in [0.717, 1.165) is 50.1 Å². The van der Waals surface area contributed by atoms with E-state index in [2.05, 4.69) is 45.1 Å². The van der Waals surface area contributed by atoms with E-state index >= 15 is 0 Å². The Hall–Kier alpha value is -1.70. The van der Waals surface area contributed by atoms with Crippen LogP contribution in [0.4, 0.5) is 5.13 Å². The van der Waals surface area contributed by atoms with Crippen LogP contribution in [0.1, 0.15) is 42.1 Å². The van der Waals surface area contributed by atoms with Gasteiger partial charge in [-0.15, -0.1) is 10.2 Å². The Morgan fingerprint density at radius 3 is 2.68 bits per heavy atom. The van der Waals surface area contributed by atoms with Crippen LogP contribution in [0.15, 0.2) is 18.2 Å². The third-order valence-corrected chi connectivity index (χ3v) is 6.28. The van der Waals surface area contributed by atoms with Crippen LogP contribution in [0.5, 0.6) is 5.75 Å². The van der Waals surface area contributed by atoms with E-state index in [-0.39, 0.29) is 0 Å². The average molecular weight is 360 g/mol. The standard InChI is InChI=1S/C18H24N4O2S/c1-12(15-4-3-14-5-10-24-16(14)11-15)21-6-8-22(9-7-21)18-20-19-17(25-18)13(2)23/h3-4,11-13,23H,5-10H2,1-2H3. The molecular formula is C18H24N4O2S. The number of nitrogens with zero attached hydrogens (tertiary/aromatic N) is 4. The van der Waals surface area contributed by atoms with E-state index in [9.17, 15) is 5.11 Å². The van der Waals surface area contributed by atoms with Gasteiger partial charge in [0.25, 0.3) is 0 Å². The highest BCUT2D eigenvalue weighted by atomic mass is 32.1. The molecule has 1 N–H and O–H groups in total. The van der Waals surface area contributed by atoms with Crippen molar-refractivity contribution < 1.29 is 9.84 Å². The van der Waals surface area contributed by atoms with Crippen molar-refractivity contribution in [1.29, 1.82) is 0 Å². The summed E-state index contributed by atoms with van der Waals surface area (Å²) < 4.78 is 5.71. The predicted octanol–water partition coefficient (Wildman–Crippen LogP) is 2.41. The lowest BCUT2D eigenvalue weighted by atomic mass is 10.0. The summed E-state index contributed by atoms with van der Waals surface area (Å²) >= 11 is 1.49. The van der Waals surface area contributed by atoms with Gasteiger partial charge in [-0.3, -0.25) is 4.90 Å². The van der Waals surface area contributed by atoms with Gasteiger partial charge in [0.05, 0.1) is 6.61 Å². The largest absolute Gasteiger partial charge is 0.493 e. The molecule has 1 fully saturated rings. The topological polar surface area (TPSA) is 61.7 Å². The summed E-state index contributed by atoms with van der Waals surface area (Å²) in [4.78, 5) is 4.77. The quantitative estimate of drug-likeness (QED) is 0.903. The van der Waals surface area contributed by atoms with Crippen LogP contribution in [0.25, 0.3) is 0 Å². The molecular weight excluding hydrogens is 336 g/mol. The molecule has 0 aliphatic carbocycles. The van der Waals surface area contributed by atoms with Gasteiger partial charge in [0.2, 0.25) is 5.13 Å². The van der Waals surface area contributed by atoms with Crippen LogP contribution in [0, 0.1) is 0 Å². The van der Waals surface area contributed by atoms with Gasteiger partial charge in [-0.05, 0) is 31.0 Å². The Labute approximate surface area is 152 Å². The summed E-state index contributed by atoms with van der Waals surface area (Å²) in [6.07, 6.45) is 0.480. The van der Waals surface area contributed by atoms with Crippen molar-refractivity contribution in [2.75, 3.05) is 37.7 Å². The Morgan fingerprint density at radius 2 is 1.96 bits per heavy atom. The van der Waals surface area contributed by atoms with Crippen LogP contribution in [0.2, 0.25) is 0 Å². The maximum atomic E-state index is 9.61.